The lowest BCUT2D eigenvalue weighted by molar-refractivity contribution is -0.133. The molecule has 4 heterocycles. The number of carbonyl (C=O) groups excluding carboxylic acids is 2. The molecule has 2 aliphatic heterocycles. The number of nitrogens with one attached hydrogen (secondary N) is 1. The second-order valence-corrected chi connectivity index (χ2v) is 14.2. The van der Waals surface area contributed by atoms with Gasteiger partial charge in [-0.1, -0.05) is 30.0 Å². The summed E-state index contributed by atoms with van der Waals surface area (Å²) in [4.78, 5) is 46.9. The third kappa shape index (κ3) is 7.31. The molecule has 0 unspecified atom stereocenters. The van der Waals surface area contributed by atoms with Crippen molar-refractivity contribution in [1.29, 1.82) is 0 Å². The average molecular weight is 696 g/mol. The minimum absolute atomic E-state index is 0.00279. The largest absolute Gasteiger partial charge is 0.444 e. The standard InChI is InChI=1S/C37H44F3N5O5/c1-21(25-11-8-12-27(30(25)38)32(39)40)41-33-28-20-29(37(49)15-18-44(19-16-37)23(3)46)34(47)43(7)31(28)26(22(2)42-33)14-13-24-10-9-17-45(24)35(48)50-36(4,5)6/h8,11-12,20-21,24,32,49H,9-10,15-19H2,1-7H3,(H,41,42)/t21-,24+/m1/s1. The number of aryl methyl sites for hydroxylation is 2. The van der Waals surface area contributed by atoms with Gasteiger partial charge in [0, 0.05) is 50.1 Å². The molecular formula is C37H44F3N5O5. The Balaban J connectivity index is 1.65. The van der Waals surface area contributed by atoms with E-state index in [0.29, 0.717) is 35.1 Å². The van der Waals surface area contributed by atoms with Crippen molar-refractivity contribution in [3.05, 3.63) is 68.4 Å². The second-order valence-electron chi connectivity index (χ2n) is 14.2. The fourth-order valence-corrected chi connectivity index (χ4v) is 6.69. The molecule has 1 aromatic carbocycles. The highest BCUT2D eigenvalue weighted by Crippen LogP contribution is 2.36. The summed E-state index contributed by atoms with van der Waals surface area (Å²) in [6, 6.07) is 4.10. The zero-order chi connectivity index (χ0) is 36.7. The van der Waals surface area contributed by atoms with Crippen molar-refractivity contribution in [1.82, 2.24) is 19.4 Å². The molecule has 0 aliphatic carbocycles. The summed E-state index contributed by atoms with van der Waals surface area (Å²) in [7, 11) is 1.56. The number of carbonyl (C=O) groups is 2. The van der Waals surface area contributed by atoms with Gasteiger partial charge in [0.2, 0.25) is 5.91 Å². The Hall–Kier alpha value is -4.57. The number of fused-ring (bicyclic) bond motifs is 1. The molecule has 2 fully saturated rings. The molecule has 0 bridgehead atoms. The van der Waals surface area contributed by atoms with Gasteiger partial charge in [-0.05, 0) is 66.4 Å². The molecular weight excluding hydrogens is 651 g/mol. The summed E-state index contributed by atoms with van der Waals surface area (Å²) >= 11 is 0. The number of benzene rings is 1. The van der Waals surface area contributed by atoms with Crippen LogP contribution in [0.4, 0.5) is 23.8 Å². The molecule has 2 aliphatic rings. The normalized spacial score (nSPS) is 18.2. The van der Waals surface area contributed by atoms with Crippen LogP contribution in [0.3, 0.4) is 0 Å². The monoisotopic (exact) mass is 695 g/mol. The zero-order valence-corrected chi connectivity index (χ0v) is 29.5. The number of rotatable bonds is 5. The van der Waals surface area contributed by atoms with Crippen molar-refractivity contribution >= 4 is 28.7 Å². The highest BCUT2D eigenvalue weighted by atomic mass is 19.3. The summed E-state index contributed by atoms with van der Waals surface area (Å²) < 4.78 is 49.3. The summed E-state index contributed by atoms with van der Waals surface area (Å²) in [6.07, 6.45) is -1.84. The van der Waals surface area contributed by atoms with Gasteiger partial charge in [-0.3, -0.25) is 14.5 Å². The van der Waals surface area contributed by atoms with E-state index in [1.807, 2.05) is 0 Å². The number of aromatic nitrogens is 2. The van der Waals surface area contributed by atoms with Gasteiger partial charge >= 0.3 is 6.09 Å². The number of hydrogen-bond donors (Lipinski definition) is 2. The van der Waals surface area contributed by atoms with Gasteiger partial charge in [-0.25, -0.2) is 22.9 Å². The topological polar surface area (TPSA) is 117 Å². The Bertz CT molecular complexity index is 1940. The SMILES string of the molecule is CC(=O)N1CCC(O)(c2cc3c(N[C@H](C)c4cccc(C(F)F)c4F)nc(C)c(C#C[C@@H]4CCCN4C(=O)OC(C)(C)C)c3n(C)c2=O)CC1. The number of anilines is 1. The number of halogens is 3. The molecule has 3 aromatic rings. The van der Waals surface area contributed by atoms with Gasteiger partial charge in [0.25, 0.3) is 12.0 Å². The van der Waals surface area contributed by atoms with Crippen molar-refractivity contribution in [3.63, 3.8) is 0 Å². The van der Waals surface area contributed by atoms with Gasteiger partial charge < -0.3 is 24.6 Å². The van der Waals surface area contributed by atoms with Crippen LogP contribution in [-0.2, 0) is 22.2 Å². The van der Waals surface area contributed by atoms with Crippen LogP contribution in [0.5, 0.6) is 0 Å². The van der Waals surface area contributed by atoms with E-state index in [1.165, 1.54) is 23.6 Å². The Morgan fingerprint density at radius 3 is 2.44 bits per heavy atom. The van der Waals surface area contributed by atoms with E-state index < -0.39 is 52.7 Å². The number of hydrogen-bond acceptors (Lipinski definition) is 7. The highest BCUT2D eigenvalue weighted by Gasteiger charge is 2.38. The summed E-state index contributed by atoms with van der Waals surface area (Å²) in [5.41, 5.74) is -2.06. The van der Waals surface area contributed by atoms with E-state index in [2.05, 4.69) is 17.2 Å². The van der Waals surface area contributed by atoms with E-state index in [1.54, 1.807) is 57.5 Å². The lowest BCUT2D eigenvalue weighted by Gasteiger charge is -2.38. The van der Waals surface area contributed by atoms with Crippen molar-refractivity contribution in [2.24, 2.45) is 7.05 Å². The van der Waals surface area contributed by atoms with Gasteiger partial charge in [0.1, 0.15) is 17.2 Å². The van der Waals surface area contributed by atoms with Crippen LogP contribution >= 0.6 is 0 Å². The minimum Gasteiger partial charge on any atom is -0.444 e. The quantitative estimate of drug-likeness (QED) is 0.311. The van der Waals surface area contributed by atoms with Crippen molar-refractivity contribution in [2.75, 3.05) is 25.0 Å². The number of ether oxygens (including phenoxy) is 1. The van der Waals surface area contributed by atoms with Crippen LogP contribution in [0.25, 0.3) is 10.9 Å². The molecule has 2 N–H and O–H groups in total. The lowest BCUT2D eigenvalue weighted by Crippen LogP contribution is -2.47. The maximum absolute atomic E-state index is 15.2. The first-order valence-electron chi connectivity index (χ1n) is 16.8. The first-order chi connectivity index (χ1) is 23.4. The summed E-state index contributed by atoms with van der Waals surface area (Å²) in [5, 5.41) is 15.4. The molecule has 268 valence electrons. The van der Waals surface area contributed by atoms with E-state index in [-0.39, 0.29) is 48.8 Å². The molecule has 0 saturated carbocycles. The Kier molecular flexibility index (Phi) is 10.3. The Morgan fingerprint density at radius 2 is 1.82 bits per heavy atom. The van der Waals surface area contributed by atoms with Crippen LogP contribution in [0.15, 0.2) is 29.1 Å². The Labute approximate surface area is 289 Å². The molecule has 2 amide bonds. The molecule has 13 heteroatoms. The van der Waals surface area contributed by atoms with Crippen LogP contribution < -0.4 is 10.9 Å². The second kappa shape index (κ2) is 14.0. The molecule has 2 saturated heterocycles. The van der Waals surface area contributed by atoms with Gasteiger partial charge in [-0.2, -0.15) is 0 Å². The third-order valence-corrected chi connectivity index (χ3v) is 9.44. The minimum atomic E-state index is -3.00. The van der Waals surface area contributed by atoms with Gasteiger partial charge in [0.15, 0.2) is 0 Å². The number of amides is 2. The van der Waals surface area contributed by atoms with E-state index in [4.69, 9.17) is 9.72 Å². The van der Waals surface area contributed by atoms with Crippen molar-refractivity contribution < 1.29 is 32.6 Å². The number of nitrogens with zero attached hydrogens (tertiary/aromatic N) is 4. The number of likely N-dealkylation sites (tertiary alicyclic amines) is 2. The molecule has 0 radical (unpaired) electrons. The maximum atomic E-state index is 15.2. The first-order valence-corrected chi connectivity index (χ1v) is 16.8. The number of alkyl halides is 2. The van der Waals surface area contributed by atoms with Crippen LogP contribution in [0.1, 0.15) is 101 Å². The lowest BCUT2D eigenvalue weighted by atomic mass is 9.84. The van der Waals surface area contributed by atoms with Crippen LogP contribution in [-0.4, -0.2) is 67.7 Å². The predicted octanol–water partition coefficient (Wildman–Crippen LogP) is 6.07. The van der Waals surface area contributed by atoms with Gasteiger partial charge in [-0.15, -0.1) is 0 Å². The van der Waals surface area contributed by atoms with E-state index >= 15 is 4.39 Å². The van der Waals surface area contributed by atoms with E-state index in [0.717, 1.165) is 12.5 Å². The zero-order valence-electron chi connectivity index (χ0n) is 29.5. The molecule has 2 aromatic heterocycles. The van der Waals surface area contributed by atoms with Crippen molar-refractivity contribution in [3.8, 4) is 11.8 Å². The molecule has 5 rings (SSSR count). The fraction of sp³-hybridized carbons (Fsp3) is 0.514. The van der Waals surface area contributed by atoms with Crippen LogP contribution in [0.2, 0.25) is 0 Å². The van der Waals surface area contributed by atoms with Gasteiger partial charge in [0.05, 0.1) is 40.0 Å². The number of piperidine rings is 1. The first kappa shape index (κ1) is 36.7. The average Bonchev–Trinajstić information content (AvgIpc) is 3.50. The number of pyridine rings is 2. The summed E-state index contributed by atoms with van der Waals surface area (Å²) in [5.74, 6) is 5.45. The van der Waals surface area contributed by atoms with Crippen molar-refractivity contribution in [2.45, 2.75) is 96.9 Å². The highest BCUT2D eigenvalue weighted by molar-refractivity contribution is 5.95. The summed E-state index contributed by atoms with van der Waals surface area (Å²) in [6.45, 7) is 11.2. The molecule has 50 heavy (non-hydrogen) atoms. The third-order valence-electron chi connectivity index (χ3n) is 9.44. The van der Waals surface area contributed by atoms with Crippen LogP contribution in [0, 0.1) is 24.6 Å². The van der Waals surface area contributed by atoms with E-state index in [9.17, 15) is 28.3 Å². The fourth-order valence-electron chi connectivity index (χ4n) is 6.69. The molecule has 10 nitrogen and oxygen atoms in total. The number of aliphatic hydroxyl groups is 1. The Morgan fingerprint density at radius 1 is 1.16 bits per heavy atom. The molecule has 0 spiro atoms. The predicted molar refractivity (Wildman–Crippen MR) is 183 cm³/mol. The maximum Gasteiger partial charge on any atom is 0.411 e. The molecule has 2 atom stereocenters. The smallest absolute Gasteiger partial charge is 0.411 e.